The first-order chi connectivity index (χ1) is 12.5. The van der Waals surface area contributed by atoms with Crippen LogP contribution in [0.15, 0.2) is 51.7 Å². The minimum atomic E-state index is -0.762. The molecule has 0 saturated carbocycles. The summed E-state index contributed by atoms with van der Waals surface area (Å²) in [4.78, 5) is 34.5. The van der Waals surface area contributed by atoms with E-state index in [1.54, 1.807) is 24.3 Å². The molecule has 3 rings (SSSR count). The second-order valence-corrected chi connectivity index (χ2v) is 5.37. The quantitative estimate of drug-likeness (QED) is 0.535. The number of amides is 1. The topological polar surface area (TPSA) is 117 Å². The van der Waals surface area contributed by atoms with Crippen molar-refractivity contribution in [3.63, 3.8) is 0 Å². The number of hydrogen-bond acceptors (Lipinski definition) is 6. The number of anilines is 1. The summed E-state index contributed by atoms with van der Waals surface area (Å²) in [5.74, 6) is -0.553. The lowest BCUT2D eigenvalue weighted by atomic mass is 10.3. The summed E-state index contributed by atoms with van der Waals surface area (Å²) in [6, 6.07) is 10.5. The van der Waals surface area contributed by atoms with Crippen molar-refractivity contribution in [1.29, 1.82) is 0 Å². The second-order valence-electron chi connectivity index (χ2n) is 5.37. The number of rotatable bonds is 6. The number of aromatic nitrogens is 1. The van der Waals surface area contributed by atoms with Gasteiger partial charge in [0, 0.05) is 17.8 Å². The Morgan fingerprint density at radius 3 is 2.65 bits per heavy atom. The lowest BCUT2D eigenvalue weighted by molar-refractivity contribution is -0.384. The largest absolute Gasteiger partial charge is 0.494 e. The van der Waals surface area contributed by atoms with Gasteiger partial charge in [-0.15, -0.1) is 0 Å². The van der Waals surface area contributed by atoms with E-state index in [4.69, 9.17) is 9.15 Å². The van der Waals surface area contributed by atoms with Gasteiger partial charge in [0.1, 0.15) is 12.3 Å². The summed E-state index contributed by atoms with van der Waals surface area (Å²) in [5, 5.41) is 13.5. The summed E-state index contributed by atoms with van der Waals surface area (Å²) in [6.07, 6.45) is 0. The van der Waals surface area contributed by atoms with Gasteiger partial charge < -0.3 is 14.5 Å². The molecular weight excluding hydrogens is 342 g/mol. The zero-order valence-electron chi connectivity index (χ0n) is 13.8. The number of nitrogens with one attached hydrogen (secondary N) is 1. The SMILES string of the molecule is CCOc1ccc(NC(=O)Cn2c(=O)oc3ccc([N+](=O)[O-])cc32)cc1. The minimum absolute atomic E-state index is 0.175. The van der Waals surface area contributed by atoms with Crippen LogP contribution in [0.25, 0.3) is 11.1 Å². The Morgan fingerprint density at radius 2 is 2.00 bits per heavy atom. The molecule has 0 saturated heterocycles. The summed E-state index contributed by atoms with van der Waals surface area (Å²) >= 11 is 0. The monoisotopic (exact) mass is 357 g/mol. The van der Waals surface area contributed by atoms with Crippen LogP contribution in [0.5, 0.6) is 5.75 Å². The second kappa shape index (κ2) is 7.09. The van der Waals surface area contributed by atoms with E-state index in [9.17, 15) is 19.7 Å². The van der Waals surface area contributed by atoms with Crippen LogP contribution in [-0.4, -0.2) is 22.0 Å². The number of benzene rings is 2. The van der Waals surface area contributed by atoms with E-state index in [0.717, 1.165) is 4.57 Å². The highest BCUT2D eigenvalue weighted by Gasteiger charge is 2.16. The number of carbonyl (C=O) groups is 1. The van der Waals surface area contributed by atoms with E-state index in [1.165, 1.54) is 18.2 Å². The number of nitrogens with zero attached hydrogens (tertiary/aromatic N) is 2. The number of oxazole rings is 1. The van der Waals surface area contributed by atoms with Crippen LogP contribution in [0.2, 0.25) is 0 Å². The normalized spacial score (nSPS) is 10.7. The van der Waals surface area contributed by atoms with E-state index >= 15 is 0 Å². The van der Waals surface area contributed by atoms with Crippen LogP contribution in [0, 0.1) is 10.1 Å². The molecule has 0 fully saturated rings. The van der Waals surface area contributed by atoms with E-state index in [0.29, 0.717) is 18.0 Å². The molecule has 0 spiro atoms. The molecule has 1 aromatic heterocycles. The Balaban J connectivity index is 1.80. The number of nitro groups is 1. The van der Waals surface area contributed by atoms with Gasteiger partial charge in [-0.25, -0.2) is 4.79 Å². The molecule has 0 unspecified atom stereocenters. The molecule has 3 aromatic rings. The molecule has 26 heavy (non-hydrogen) atoms. The summed E-state index contributed by atoms with van der Waals surface area (Å²) < 4.78 is 11.4. The van der Waals surface area contributed by atoms with E-state index in [2.05, 4.69) is 5.32 Å². The third-order valence-electron chi connectivity index (χ3n) is 3.61. The van der Waals surface area contributed by atoms with Gasteiger partial charge in [-0.3, -0.25) is 19.5 Å². The first kappa shape index (κ1) is 17.2. The van der Waals surface area contributed by atoms with Gasteiger partial charge in [-0.05, 0) is 37.3 Å². The molecule has 0 aliphatic rings. The summed E-state index contributed by atoms with van der Waals surface area (Å²) in [7, 11) is 0. The molecule has 0 bridgehead atoms. The maximum absolute atomic E-state index is 12.2. The van der Waals surface area contributed by atoms with Crippen molar-refractivity contribution in [2.75, 3.05) is 11.9 Å². The average Bonchev–Trinajstić information content (AvgIpc) is 2.91. The van der Waals surface area contributed by atoms with Crippen molar-refractivity contribution in [2.24, 2.45) is 0 Å². The molecule has 9 nitrogen and oxygen atoms in total. The number of ether oxygens (including phenoxy) is 1. The number of carbonyl (C=O) groups excluding carboxylic acids is 1. The fourth-order valence-corrected chi connectivity index (χ4v) is 2.46. The number of nitro benzene ring substituents is 1. The third kappa shape index (κ3) is 3.56. The first-order valence-electron chi connectivity index (χ1n) is 7.78. The highest BCUT2D eigenvalue weighted by molar-refractivity contribution is 5.91. The molecule has 0 radical (unpaired) electrons. The van der Waals surface area contributed by atoms with Crippen LogP contribution in [0.3, 0.4) is 0 Å². The predicted molar refractivity (Wildman–Crippen MR) is 93.4 cm³/mol. The fraction of sp³-hybridized carbons (Fsp3) is 0.176. The molecule has 134 valence electrons. The highest BCUT2D eigenvalue weighted by atomic mass is 16.6. The van der Waals surface area contributed by atoms with Crippen molar-refractivity contribution >= 4 is 28.4 Å². The number of hydrogen-bond donors (Lipinski definition) is 1. The van der Waals surface area contributed by atoms with Gasteiger partial charge in [0.25, 0.3) is 5.69 Å². The zero-order valence-corrected chi connectivity index (χ0v) is 13.8. The number of non-ortho nitro benzene ring substituents is 1. The standard InChI is InChI=1S/C17H15N3O6/c1-2-25-13-6-3-11(4-7-13)18-16(21)10-19-14-9-12(20(23)24)5-8-15(14)26-17(19)22/h3-9H,2,10H2,1H3,(H,18,21). The van der Waals surface area contributed by atoms with Crippen LogP contribution in [0.4, 0.5) is 11.4 Å². The molecule has 1 N–H and O–H groups in total. The smallest absolute Gasteiger partial charge is 0.420 e. The third-order valence-corrected chi connectivity index (χ3v) is 3.61. The van der Waals surface area contributed by atoms with E-state index in [1.807, 2.05) is 6.92 Å². The maximum Gasteiger partial charge on any atom is 0.420 e. The van der Waals surface area contributed by atoms with Crippen molar-refractivity contribution in [3.05, 3.63) is 63.1 Å². The van der Waals surface area contributed by atoms with Gasteiger partial charge in [-0.1, -0.05) is 0 Å². The lowest BCUT2D eigenvalue weighted by Gasteiger charge is -2.07. The van der Waals surface area contributed by atoms with Crippen molar-refractivity contribution in [3.8, 4) is 5.75 Å². The van der Waals surface area contributed by atoms with E-state index < -0.39 is 16.6 Å². The molecule has 0 aliphatic carbocycles. The van der Waals surface area contributed by atoms with Crippen LogP contribution in [0.1, 0.15) is 6.92 Å². The molecule has 0 aliphatic heterocycles. The van der Waals surface area contributed by atoms with Gasteiger partial charge in [0.05, 0.1) is 17.0 Å². The first-order valence-corrected chi connectivity index (χ1v) is 7.78. The average molecular weight is 357 g/mol. The van der Waals surface area contributed by atoms with Crippen LogP contribution >= 0.6 is 0 Å². The summed E-state index contributed by atoms with van der Waals surface area (Å²) in [6.45, 7) is 2.07. The van der Waals surface area contributed by atoms with Gasteiger partial charge in [-0.2, -0.15) is 0 Å². The Hall–Kier alpha value is -3.62. The zero-order chi connectivity index (χ0) is 18.7. The van der Waals surface area contributed by atoms with Crippen LogP contribution in [-0.2, 0) is 11.3 Å². The maximum atomic E-state index is 12.2. The summed E-state index contributed by atoms with van der Waals surface area (Å²) in [5.41, 5.74) is 0.699. The highest BCUT2D eigenvalue weighted by Crippen LogP contribution is 2.20. The van der Waals surface area contributed by atoms with Gasteiger partial charge >= 0.3 is 5.76 Å². The van der Waals surface area contributed by atoms with Crippen molar-refractivity contribution < 1.29 is 18.9 Å². The van der Waals surface area contributed by atoms with Crippen molar-refractivity contribution in [2.45, 2.75) is 13.5 Å². The molecule has 9 heteroatoms. The fourth-order valence-electron chi connectivity index (χ4n) is 2.46. The number of fused-ring (bicyclic) bond motifs is 1. The predicted octanol–water partition coefficient (Wildman–Crippen LogP) is 2.54. The van der Waals surface area contributed by atoms with Crippen LogP contribution < -0.4 is 15.8 Å². The van der Waals surface area contributed by atoms with Gasteiger partial charge in [0.15, 0.2) is 5.58 Å². The van der Waals surface area contributed by atoms with Crippen molar-refractivity contribution in [1.82, 2.24) is 4.57 Å². The van der Waals surface area contributed by atoms with Gasteiger partial charge in [0.2, 0.25) is 5.91 Å². The molecule has 1 heterocycles. The molecule has 0 atom stereocenters. The Morgan fingerprint density at radius 1 is 1.27 bits per heavy atom. The molecule has 1 amide bonds. The minimum Gasteiger partial charge on any atom is -0.494 e. The molecule has 2 aromatic carbocycles. The van der Waals surface area contributed by atoms with E-state index in [-0.39, 0.29) is 23.3 Å². The Bertz CT molecular complexity index is 1020. The Kier molecular flexibility index (Phi) is 4.70. The molecular formula is C17H15N3O6. The lowest BCUT2D eigenvalue weighted by Crippen LogP contribution is -2.24. The Labute approximate surface area is 146 Å².